The minimum absolute atomic E-state index is 0.302. The molecule has 134 valence electrons. The third-order valence-electron chi connectivity index (χ3n) is 4.16. The molecule has 0 amide bonds. The lowest BCUT2D eigenvalue weighted by molar-refractivity contribution is 0.672. The number of rotatable bonds is 6. The van der Waals surface area contributed by atoms with Crippen molar-refractivity contribution in [2.24, 2.45) is 0 Å². The maximum atomic E-state index is 12.5. The molecule has 0 unspecified atom stereocenters. The van der Waals surface area contributed by atoms with Crippen LogP contribution >= 0.6 is 11.8 Å². The molecule has 1 heterocycles. The summed E-state index contributed by atoms with van der Waals surface area (Å²) in [6.45, 7) is 4.30. The zero-order valence-electron chi connectivity index (χ0n) is 14.9. The van der Waals surface area contributed by atoms with E-state index in [4.69, 9.17) is 5.84 Å². The molecule has 3 rings (SSSR count). The Hall–Kier alpha value is -2.60. The van der Waals surface area contributed by atoms with Gasteiger partial charge in [0.05, 0.1) is 0 Å². The number of benzene rings is 2. The third-order valence-corrected chi connectivity index (χ3v) is 5.17. The maximum absolute atomic E-state index is 12.5. The highest BCUT2D eigenvalue weighted by molar-refractivity contribution is 7.98. The van der Waals surface area contributed by atoms with Gasteiger partial charge in [-0.25, -0.2) is 0 Å². The predicted octanol–water partition coefficient (Wildman–Crippen LogP) is 3.36. The fourth-order valence-electron chi connectivity index (χ4n) is 2.57. The first-order chi connectivity index (χ1) is 12.5. The number of aromatic nitrogens is 3. The second-order valence-electron chi connectivity index (χ2n) is 6.45. The highest BCUT2D eigenvalue weighted by Crippen LogP contribution is 2.19. The largest absolute Gasteiger partial charge is 0.334 e. The van der Waals surface area contributed by atoms with E-state index >= 15 is 0 Å². The van der Waals surface area contributed by atoms with Gasteiger partial charge in [0.1, 0.15) is 5.69 Å². The summed E-state index contributed by atoms with van der Waals surface area (Å²) in [7, 11) is 0. The predicted molar refractivity (Wildman–Crippen MR) is 106 cm³/mol. The van der Waals surface area contributed by atoms with Gasteiger partial charge >= 0.3 is 0 Å². The van der Waals surface area contributed by atoms with Crippen LogP contribution in [0, 0.1) is 0 Å². The number of nitrogen functional groups attached to an aromatic ring is 1. The van der Waals surface area contributed by atoms with Gasteiger partial charge in [0.2, 0.25) is 5.16 Å². The Kier molecular flexibility index (Phi) is 5.73. The van der Waals surface area contributed by atoms with Crippen LogP contribution in [0.4, 0.5) is 0 Å². The molecule has 2 N–H and O–H groups in total. The highest BCUT2D eigenvalue weighted by atomic mass is 32.2. The molecule has 3 aromatic rings. The Morgan fingerprint density at radius 3 is 2.35 bits per heavy atom. The Labute approximate surface area is 157 Å². The highest BCUT2D eigenvalue weighted by Gasteiger charge is 2.12. The van der Waals surface area contributed by atoms with E-state index in [0.29, 0.717) is 28.9 Å². The second kappa shape index (κ2) is 8.19. The summed E-state index contributed by atoms with van der Waals surface area (Å²) in [5.74, 6) is 7.11. The van der Waals surface area contributed by atoms with Gasteiger partial charge in [-0.15, -0.1) is 10.2 Å². The van der Waals surface area contributed by atoms with E-state index < -0.39 is 0 Å². The number of hydrogen-bond acceptors (Lipinski definition) is 5. The molecule has 0 aliphatic rings. The normalized spacial score (nSPS) is 11.0. The van der Waals surface area contributed by atoms with Crippen molar-refractivity contribution < 1.29 is 0 Å². The van der Waals surface area contributed by atoms with E-state index in [1.807, 2.05) is 42.5 Å². The van der Waals surface area contributed by atoms with Crippen molar-refractivity contribution in [2.45, 2.75) is 37.1 Å². The minimum atomic E-state index is -0.302. The average molecular weight is 366 g/mol. The molecule has 1 aromatic heterocycles. The first-order valence-electron chi connectivity index (χ1n) is 8.54. The quantitative estimate of drug-likeness (QED) is 0.535. The lowest BCUT2D eigenvalue weighted by atomic mass is 10.0. The molecule has 0 radical (unpaired) electrons. The van der Waals surface area contributed by atoms with Crippen LogP contribution in [0.1, 0.15) is 42.1 Å². The lowest BCUT2D eigenvalue weighted by Crippen LogP contribution is -2.33. The van der Waals surface area contributed by atoms with Crippen molar-refractivity contribution in [2.75, 3.05) is 5.84 Å². The monoisotopic (exact) mass is 366 g/mol. The van der Waals surface area contributed by atoms with E-state index in [1.54, 1.807) is 0 Å². The van der Waals surface area contributed by atoms with Crippen LogP contribution < -0.4 is 11.4 Å². The number of hydrogen-bond donors (Lipinski definition) is 1. The molecular weight excluding hydrogens is 344 g/mol. The van der Waals surface area contributed by atoms with Gasteiger partial charge in [0, 0.05) is 12.2 Å². The fourth-order valence-corrected chi connectivity index (χ4v) is 3.37. The summed E-state index contributed by atoms with van der Waals surface area (Å²) in [4.78, 5) is 12.5. The second-order valence-corrected chi connectivity index (χ2v) is 7.39. The topological polar surface area (TPSA) is 73.8 Å². The standard InChI is InChI=1S/C20H22N4OS/c1-14(2)17-10-8-15(9-11-17)12-18-19(25)24(21)20(23-22-18)26-13-16-6-4-3-5-7-16/h3-11,14H,12-13,21H2,1-2H3. The number of nitrogens with two attached hydrogens (primary N) is 1. The molecule has 0 fully saturated rings. The zero-order chi connectivity index (χ0) is 18.5. The molecule has 2 aromatic carbocycles. The van der Waals surface area contributed by atoms with Crippen molar-refractivity contribution >= 4 is 11.8 Å². The molecule has 6 heteroatoms. The zero-order valence-corrected chi connectivity index (χ0v) is 15.7. The first kappa shape index (κ1) is 18.2. The van der Waals surface area contributed by atoms with E-state index in [9.17, 15) is 4.79 Å². The van der Waals surface area contributed by atoms with Gasteiger partial charge in [0.25, 0.3) is 5.56 Å². The van der Waals surface area contributed by atoms with Crippen LogP contribution in [-0.2, 0) is 12.2 Å². The molecule has 0 saturated heterocycles. The van der Waals surface area contributed by atoms with Crippen LogP contribution in [-0.4, -0.2) is 14.9 Å². The molecule has 5 nitrogen and oxygen atoms in total. The Morgan fingerprint density at radius 2 is 1.69 bits per heavy atom. The molecular formula is C20H22N4OS. The van der Waals surface area contributed by atoms with Gasteiger partial charge in [-0.1, -0.05) is 80.2 Å². The van der Waals surface area contributed by atoms with Gasteiger partial charge in [-0.3, -0.25) is 4.79 Å². The van der Waals surface area contributed by atoms with Crippen LogP contribution in [0.15, 0.2) is 64.5 Å². The van der Waals surface area contributed by atoms with Crippen molar-refractivity contribution in [1.29, 1.82) is 0 Å². The van der Waals surface area contributed by atoms with Crippen LogP contribution in [0.5, 0.6) is 0 Å². The maximum Gasteiger partial charge on any atom is 0.294 e. The van der Waals surface area contributed by atoms with Crippen molar-refractivity contribution in [3.05, 3.63) is 87.3 Å². The SMILES string of the molecule is CC(C)c1ccc(Cc2nnc(SCc3ccccc3)n(N)c2=O)cc1. The number of thioether (sulfide) groups is 1. The molecule has 0 aliphatic heterocycles. The van der Waals surface area contributed by atoms with Gasteiger partial charge in [-0.2, -0.15) is 4.68 Å². The smallest absolute Gasteiger partial charge is 0.294 e. The van der Waals surface area contributed by atoms with Crippen LogP contribution in [0.2, 0.25) is 0 Å². The van der Waals surface area contributed by atoms with Crippen molar-refractivity contribution in [1.82, 2.24) is 14.9 Å². The van der Waals surface area contributed by atoms with E-state index in [2.05, 4.69) is 36.2 Å². The minimum Gasteiger partial charge on any atom is -0.334 e. The first-order valence-corrected chi connectivity index (χ1v) is 9.52. The van der Waals surface area contributed by atoms with E-state index in [1.165, 1.54) is 17.3 Å². The molecule has 0 spiro atoms. The van der Waals surface area contributed by atoms with Crippen molar-refractivity contribution in [3.8, 4) is 0 Å². The molecule has 0 saturated carbocycles. The number of nitrogens with zero attached hydrogens (tertiary/aromatic N) is 3. The Balaban J connectivity index is 1.73. The third kappa shape index (κ3) is 4.32. The van der Waals surface area contributed by atoms with Crippen LogP contribution in [0.25, 0.3) is 0 Å². The molecule has 0 atom stereocenters. The molecule has 26 heavy (non-hydrogen) atoms. The molecule has 0 bridgehead atoms. The summed E-state index contributed by atoms with van der Waals surface area (Å²) in [6, 6.07) is 18.2. The summed E-state index contributed by atoms with van der Waals surface area (Å²) < 4.78 is 1.10. The summed E-state index contributed by atoms with van der Waals surface area (Å²) in [6.07, 6.45) is 0.422. The Bertz CT molecular complexity index is 921. The molecule has 0 aliphatic carbocycles. The van der Waals surface area contributed by atoms with Crippen molar-refractivity contribution in [3.63, 3.8) is 0 Å². The fraction of sp³-hybridized carbons (Fsp3) is 0.250. The Morgan fingerprint density at radius 1 is 1.00 bits per heavy atom. The summed E-state index contributed by atoms with van der Waals surface area (Å²) in [5, 5.41) is 8.68. The van der Waals surface area contributed by atoms with E-state index in [-0.39, 0.29) is 5.56 Å². The summed E-state index contributed by atoms with van der Waals surface area (Å²) in [5.41, 5.74) is 3.48. The van der Waals surface area contributed by atoms with Gasteiger partial charge in [-0.05, 0) is 22.6 Å². The summed E-state index contributed by atoms with van der Waals surface area (Å²) >= 11 is 1.40. The van der Waals surface area contributed by atoms with Gasteiger partial charge in [0.15, 0.2) is 0 Å². The van der Waals surface area contributed by atoms with Gasteiger partial charge < -0.3 is 5.84 Å². The van der Waals surface area contributed by atoms with Crippen LogP contribution in [0.3, 0.4) is 0 Å². The lowest BCUT2D eigenvalue weighted by Gasteiger charge is -2.09. The van der Waals surface area contributed by atoms with E-state index in [0.717, 1.165) is 15.8 Å². The average Bonchev–Trinajstić information content (AvgIpc) is 2.66.